The van der Waals surface area contributed by atoms with Crippen molar-refractivity contribution < 1.29 is 0 Å². The third-order valence-electron chi connectivity index (χ3n) is 3.84. The van der Waals surface area contributed by atoms with E-state index in [2.05, 4.69) is 46.0 Å². The van der Waals surface area contributed by atoms with E-state index in [1.807, 2.05) is 0 Å². The van der Waals surface area contributed by atoms with Crippen LogP contribution in [0.2, 0.25) is 0 Å². The Hall–Kier alpha value is -0.540. The highest BCUT2D eigenvalue weighted by atomic mass is 79.9. The van der Waals surface area contributed by atoms with Crippen molar-refractivity contribution in [3.05, 3.63) is 28.2 Å². The molecular formula is C15H23BrN2. The number of benzene rings is 1. The molecule has 1 atom stereocenters. The van der Waals surface area contributed by atoms with Gasteiger partial charge in [-0.1, -0.05) is 13.0 Å². The van der Waals surface area contributed by atoms with E-state index in [1.165, 1.54) is 48.1 Å². The molecule has 0 spiro atoms. The number of nitrogens with two attached hydrogens (primary N) is 1. The van der Waals surface area contributed by atoms with Crippen molar-refractivity contribution in [1.82, 2.24) is 0 Å². The van der Waals surface area contributed by atoms with Gasteiger partial charge in [0.2, 0.25) is 0 Å². The molecule has 0 saturated carbocycles. The molecule has 0 bridgehead atoms. The second-order valence-corrected chi connectivity index (χ2v) is 6.09. The second-order valence-electron chi connectivity index (χ2n) is 5.24. The maximum Gasteiger partial charge on any atom is 0.0510 e. The van der Waals surface area contributed by atoms with Crippen LogP contribution in [0.4, 0.5) is 5.69 Å². The van der Waals surface area contributed by atoms with Gasteiger partial charge in [0, 0.05) is 17.6 Å². The largest absolute Gasteiger partial charge is 0.371 e. The minimum absolute atomic E-state index is 0.543. The van der Waals surface area contributed by atoms with Crippen LogP contribution in [0, 0.1) is 0 Å². The van der Waals surface area contributed by atoms with Crippen LogP contribution in [0.25, 0.3) is 0 Å². The first-order chi connectivity index (χ1) is 8.72. The molecular weight excluding hydrogens is 288 g/mol. The molecule has 1 aromatic rings. The molecule has 1 aliphatic heterocycles. The summed E-state index contributed by atoms with van der Waals surface area (Å²) in [4.78, 5) is 2.49. The van der Waals surface area contributed by atoms with Crippen LogP contribution in [-0.4, -0.2) is 19.6 Å². The predicted octanol–water partition coefficient (Wildman–Crippen LogP) is 3.89. The molecule has 2 rings (SSSR count). The van der Waals surface area contributed by atoms with Gasteiger partial charge in [0.1, 0.15) is 0 Å². The van der Waals surface area contributed by atoms with Crippen LogP contribution in [0.15, 0.2) is 22.7 Å². The van der Waals surface area contributed by atoms with Crippen molar-refractivity contribution in [2.75, 3.05) is 24.5 Å². The molecule has 2 N–H and O–H groups in total. The molecule has 1 heterocycles. The van der Waals surface area contributed by atoms with Crippen LogP contribution in [0.3, 0.4) is 0 Å². The third-order valence-corrected chi connectivity index (χ3v) is 4.47. The van der Waals surface area contributed by atoms with Crippen molar-refractivity contribution in [1.29, 1.82) is 0 Å². The third kappa shape index (κ3) is 3.27. The lowest BCUT2D eigenvalue weighted by Gasteiger charge is -2.30. The van der Waals surface area contributed by atoms with E-state index in [-0.39, 0.29) is 0 Å². The summed E-state index contributed by atoms with van der Waals surface area (Å²) in [5, 5.41) is 0. The summed E-state index contributed by atoms with van der Waals surface area (Å²) < 4.78 is 1.23. The van der Waals surface area contributed by atoms with Crippen molar-refractivity contribution in [3.63, 3.8) is 0 Å². The Bertz CT molecular complexity index is 386. The lowest BCUT2D eigenvalue weighted by molar-refractivity contribution is 0.577. The van der Waals surface area contributed by atoms with Gasteiger partial charge >= 0.3 is 0 Å². The Balaban J connectivity index is 2.13. The van der Waals surface area contributed by atoms with Crippen LogP contribution in [0.1, 0.15) is 44.1 Å². The van der Waals surface area contributed by atoms with E-state index in [0.29, 0.717) is 5.92 Å². The maximum absolute atomic E-state index is 5.63. The fourth-order valence-corrected chi connectivity index (χ4v) is 3.28. The molecule has 18 heavy (non-hydrogen) atoms. The molecule has 100 valence electrons. The molecule has 1 aliphatic rings. The molecule has 1 unspecified atom stereocenters. The van der Waals surface area contributed by atoms with Crippen molar-refractivity contribution >= 4 is 21.6 Å². The lowest BCUT2D eigenvalue weighted by atomic mass is 9.97. The zero-order valence-corrected chi connectivity index (χ0v) is 12.7. The van der Waals surface area contributed by atoms with Gasteiger partial charge in [-0.25, -0.2) is 0 Å². The highest BCUT2D eigenvalue weighted by Crippen LogP contribution is 2.32. The first-order valence-corrected chi connectivity index (χ1v) is 7.76. The normalized spacial score (nSPS) is 17.8. The number of hydrogen-bond donors (Lipinski definition) is 1. The van der Waals surface area contributed by atoms with E-state index >= 15 is 0 Å². The number of piperidine rings is 1. The number of halogens is 1. The Labute approximate surface area is 119 Å². The van der Waals surface area contributed by atoms with Crippen molar-refractivity contribution in [2.24, 2.45) is 5.73 Å². The fraction of sp³-hybridized carbons (Fsp3) is 0.600. The quantitative estimate of drug-likeness (QED) is 0.914. The first-order valence-electron chi connectivity index (χ1n) is 6.97. The molecule has 1 saturated heterocycles. The van der Waals surface area contributed by atoms with E-state index in [0.717, 1.165) is 13.0 Å². The Morgan fingerprint density at radius 3 is 2.61 bits per heavy atom. The topological polar surface area (TPSA) is 29.3 Å². The van der Waals surface area contributed by atoms with Gasteiger partial charge in [0.15, 0.2) is 0 Å². The minimum atomic E-state index is 0.543. The number of rotatable bonds is 4. The van der Waals surface area contributed by atoms with Gasteiger partial charge in [-0.15, -0.1) is 0 Å². The Morgan fingerprint density at radius 1 is 1.28 bits per heavy atom. The van der Waals surface area contributed by atoms with Crippen LogP contribution in [-0.2, 0) is 0 Å². The molecule has 0 radical (unpaired) electrons. The van der Waals surface area contributed by atoms with Crippen LogP contribution in [0.5, 0.6) is 0 Å². The zero-order valence-electron chi connectivity index (χ0n) is 11.2. The van der Waals surface area contributed by atoms with Gasteiger partial charge in [0.05, 0.1) is 5.69 Å². The summed E-state index contributed by atoms with van der Waals surface area (Å²) in [7, 11) is 0. The molecule has 0 amide bonds. The maximum atomic E-state index is 5.63. The van der Waals surface area contributed by atoms with E-state index in [1.54, 1.807) is 0 Å². The molecule has 1 fully saturated rings. The predicted molar refractivity (Wildman–Crippen MR) is 82.3 cm³/mol. The van der Waals surface area contributed by atoms with Gasteiger partial charge in [0.25, 0.3) is 0 Å². The number of nitrogens with zero attached hydrogens (tertiary/aromatic N) is 1. The van der Waals surface area contributed by atoms with Crippen molar-refractivity contribution in [2.45, 2.75) is 38.5 Å². The van der Waals surface area contributed by atoms with Gasteiger partial charge in [-0.05, 0) is 71.8 Å². The van der Waals surface area contributed by atoms with Crippen LogP contribution >= 0.6 is 15.9 Å². The summed E-state index contributed by atoms with van der Waals surface area (Å²) in [6.07, 6.45) is 5.06. The smallest absolute Gasteiger partial charge is 0.0510 e. The monoisotopic (exact) mass is 310 g/mol. The highest BCUT2D eigenvalue weighted by Gasteiger charge is 2.14. The van der Waals surface area contributed by atoms with Crippen molar-refractivity contribution in [3.8, 4) is 0 Å². The standard InChI is InChI=1S/C15H23BrN2/c1-12(7-8-17)13-5-6-15(14(16)11-13)18-9-3-2-4-10-18/h5-6,11-12H,2-4,7-10,17H2,1H3. The molecule has 1 aromatic carbocycles. The summed E-state index contributed by atoms with van der Waals surface area (Å²) in [5.74, 6) is 0.543. The van der Waals surface area contributed by atoms with Gasteiger partial charge < -0.3 is 10.6 Å². The van der Waals surface area contributed by atoms with E-state index in [9.17, 15) is 0 Å². The molecule has 2 nitrogen and oxygen atoms in total. The zero-order chi connectivity index (χ0) is 13.0. The number of hydrogen-bond acceptors (Lipinski definition) is 2. The molecule has 3 heteroatoms. The highest BCUT2D eigenvalue weighted by molar-refractivity contribution is 9.10. The fourth-order valence-electron chi connectivity index (χ4n) is 2.64. The Morgan fingerprint density at radius 2 is 2.00 bits per heavy atom. The van der Waals surface area contributed by atoms with Gasteiger partial charge in [-0.3, -0.25) is 0 Å². The molecule has 0 aromatic heterocycles. The van der Waals surface area contributed by atoms with E-state index in [4.69, 9.17) is 5.73 Å². The summed E-state index contributed by atoms with van der Waals surface area (Å²) in [6, 6.07) is 6.79. The Kier molecular flexibility index (Phi) is 5.07. The summed E-state index contributed by atoms with van der Waals surface area (Å²) in [5.41, 5.74) is 8.36. The SMILES string of the molecule is CC(CCN)c1ccc(N2CCCCC2)c(Br)c1. The summed E-state index contributed by atoms with van der Waals surface area (Å²) >= 11 is 3.73. The average molecular weight is 311 g/mol. The minimum Gasteiger partial charge on any atom is -0.371 e. The molecule has 0 aliphatic carbocycles. The lowest BCUT2D eigenvalue weighted by Crippen LogP contribution is -2.29. The summed E-state index contributed by atoms with van der Waals surface area (Å²) in [6.45, 7) is 5.38. The van der Waals surface area contributed by atoms with Gasteiger partial charge in [-0.2, -0.15) is 0 Å². The van der Waals surface area contributed by atoms with Crippen LogP contribution < -0.4 is 10.6 Å². The average Bonchev–Trinajstić information content (AvgIpc) is 2.40. The second kappa shape index (κ2) is 6.58. The first kappa shape index (κ1) is 13.9. The van der Waals surface area contributed by atoms with E-state index < -0.39 is 0 Å². The number of anilines is 1.